The molecule has 2 heterocycles. The van der Waals surface area contributed by atoms with E-state index in [9.17, 15) is 8.42 Å². The van der Waals surface area contributed by atoms with Crippen LogP contribution < -0.4 is 10.5 Å². The van der Waals surface area contributed by atoms with E-state index in [1.807, 2.05) is 30.6 Å². The summed E-state index contributed by atoms with van der Waals surface area (Å²) in [4.78, 5) is 9.33. The maximum Gasteiger partial charge on any atom is 0.211 e. The molecule has 0 saturated heterocycles. The van der Waals surface area contributed by atoms with Crippen molar-refractivity contribution in [3.63, 3.8) is 0 Å². The molecular formula is C23H33N5O3S. The monoisotopic (exact) mass is 459 g/mol. The molecule has 32 heavy (non-hydrogen) atoms. The molecule has 1 atom stereocenters. The molecule has 0 bridgehead atoms. The quantitative estimate of drug-likeness (QED) is 0.355. The van der Waals surface area contributed by atoms with Gasteiger partial charge in [0.1, 0.15) is 11.7 Å². The Kier molecular flexibility index (Phi) is 7.40. The largest absolute Gasteiger partial charge is 0.358 e. The molecule has 9 heteroatoms. The van der Waals surface area contributed by atoms with Crippen LogP contribution in [0.3, 0.4) is 0 Å². The number of hydrogen-bond donors (Lipinski definition) is 2. The Morgan fingerprint density at radius 3 is 2.78 bits per heavy atom. The van der Waals surface area contributed by atoms with Crippen molar-refractivity contribution in [3.8, 4) is 0 Å². The maximum absolute atomic E-state index is 12.5. The number of nitrogens with two attached hydrogens (primary N) is 1. The first-order valence-corrected chi connectivity index (χ1v) is 13.2. The summed E-state index contributed by atoms with van der Waals surface area (Å²) >= 11 is 0. The van der Waals surface area contributed by atoms with Crippen LogP contribution in [0, 0.1) is 0 Å². The van der Waals surface area contributed by atoms with Gasteiger partial charge in [-0.05, 0) is 38.7 Å². The average molecular weight is 460 g/mol. The van der Waals surface area contributed by atoms with E-state index in [-0.39, 0.29) is 18.0 Å². The van der Waals surface area contributed by atoms with E-state index in [4.69, 9.17) is 15.5 Å². The molecule has 3 N–H and O–H groups in total. The highest BCUT2D eigenvalue weighted by Gasteiger charge is 2.20. The maximum atomic E-state index is 12.5. The van der Waals surface area contributed by atoms with Gasteiger partial charge in [0.25, 0.3) is 0 Å². The van der Waals surface area contributed by atoms with Gasteiger partial charge in [0, 0.05) is 18.0 Å². The van der Waals surface area contributed by atoms with Crippen LogP contribution >= 0.6 is 0 Å². The summed E-state index contributed by atoms with van der Waals surface area (Å²) in [6.07, 6.45) is 8.12. The van der Waals surface area contributed by atoms with E-state index in [0.717, 1.165) is 59.7 Å². The lowest BCUT2D eigenvalue weighted by Gasteiger charge is -2.22. The summed E-state index contributed by atoms with van der Waals surface area (Å²) in [5.41, 5.74) is 9.19. The predicted molar refractivity (Wildman–Crippen MR) is 127 cm³/mol. The molecule has 1 unspecified atom stereocenters. The Labute approximate surface area is 189 Å². The van der Waals surface area contributed by atoms with Gasteiger partial charge in [-0.15, -0.1) is 0 Å². The molecule has 0 spiro atoms. The molecule has 8 nitrogen and oxygen atoms in total. The third kappa shape index (κ3) is 5.64. The van der Waals surface area contributed by atoms with Crippen molar-refractivity contribution in [2.45, 2.75) is 77.3 Å². The van der Waals surface area contributed by atoms with Crippen molar-refractivity contribution in [2.24, 2.45) is 5.73 Å². The van der Waals surface area contributed by atoms with Crippen molar-refractivity contribution in [1.29, 1.82) is 0 Å². The van der Waals surface area contributed by atoms with Crippen LogP contribution in [0.15, 0.2) is 30.6 Å². The number of fused-ring (bicyclic) bond motifs is 3. The predicted octanol–water partition coefficient (Wildman–Crippen LogP) is 3.44. The van der Waals surface area contributed by atoms with Crippen molar-refractivity contribution in [2.75, 3.05) is 5.75 Å². The molecule has 3 aromatic rings. The first-order chi connectivity index (χ1) is 15.4. The topological polar surface area (TPSA) is 112 Å². The number of para-hydroxylation sites is 1. The molecule has 174 valence electrons. The number of imidazole rings is 1. The molecule has 1 aliphatic rings. The Bertz CT molecular complexity index is 1150. The lowest BCUT2D eigenvalue weighted by atomic mass is 9.96. The summed E-state index contributed by atoms with van der Waals surface area (Å²) in [6.45, 7) is 2.77. The van der Waals surface area contributed by atoms with Crippen LogP contribution in [-0.2, 0) is 27.9 Å². The Morgan fingerprint density at radius 1 is 1.22 bits per heavy atom. The van der Waals surface area contributed by atoms with Crippen LogP contribution in [0.1, 0.15) is 57.6 Å². The van der Waals surface area contributed by atoms with Gasteiger partial charge in [-0.1, -0.05) is 37.5 Å². The van der Waals surface area contributed by atoms with E-state index in [1.54, 1.807) is 6.92 Å². The number of rotatable bonds is 10. The minimum Gasteiger partial charge on any atom is -0.358 e. The number of aromatic nitrogens is 3. The SMILES string of the molecule is CC(N)OCc1nc2ccccc2c2c1ncn2CCCCS(=O)(=O)NC1CCCCC1. The number of pyridine rings is 1. The van der Waals surface area contributed by atoms with Gasteiger partial charge in [0.15, 0.2) is 0 Å². The van der Waals surface area contributed by atoms with Crippen LogP contribution in [0.25, 0.3) is 21.9 Å². The fraction of sp³-hybridized carbons (Fsp3) is 0.565. The Balaban J connectivity index is 1.45. The minimum atomic E-state index is -3.23. The molecule has 4 rings (SSSR count). The van der Waals surface area contributed by atoms with Gasteiger partial charge in [0.2, 0.25) is 10.0 Å². The zero-order valence-corrected chi connectivity index (χ0v) is 19.5. The third-order valence-corrected chi connectivity index (χ3v) is 7.54. The number of nitrogens with one attached hydrogen (secondary N) is 1. The Hall–Kier alpha value is -2.07. The number of hydrogen-bond acceptors (Lipinski definition) is 6. The second-order valence-electron chi connectivity index (χ2n) is 8.71. The van der Waals surface area contributed by atoms with Gasteiger partial charge in [0.05, 0.1) is 35.4 Å². The van der Waals surface area contributed by atoms with Gasteiger partial charge in [-0.25, -0.2) is 23.1 Å². The number of ether oxygens (including phenoxy) is 1. The summed E-state index contributed by atoms with van der Waals surface area (Å²) in [7, 11) is -3.23. The number of unbranched alkanes of at least 4 members (excludes halogenated alkanes) is 1. The van der Waals surface area contributed by atoms with Crippen molar-refractivity contribution < 1.29 is 13.2 Å². The second-order valence-corrected chi connectivity index (χ2v) is 10.6. The lowest BCUT2D eigenvalue weighted by molar-refractivity contribution is 0.0564. The molecule has 1 fully saturated rings. The van der Waals surface area contributed by atoms with Gasteiger partial charge in [-0.3, -0.25) is 0 Å². The molecule has 0 amide bonds. The van der Waals surface area contributed by atoms with Crippen LogP contribution in [0.4, 0.5) is 0 Å². The van der Waals surface area contributed by atoms with Crippen molar-refractivity contribution in [1.82, 2.24) is 19.3 Å². The zero-order valence-electron chi connectivity index (χ0n) is 18.7. The van der Waals surface area contributed by atoms with E-state index >= 15 is 0 Å². The third-order valence-electron chi connectivity index (χ3n) is 6.02. The van der Waals surface area contributed by atoms with Crippen LogP contribution in [0.5, 0.6) is 0 Å². The van der Waals surface area contributed by atoms with E-state index in [1.165, 1.54) is 6.42 Å². The summed E-state index contributed by atoms with van der Waals surface area (Å²) in [5.74, 6) is 0.159. The first-order valence-electron chi connectivity index (χ1n) is 11.5. The van der Waals surface area contributed by atoms with Gasteiger partial charge in [-0.2, -0.15) is 0 Å². The molecule has 2 aromatic heterocycles. The molecule has 1 saturated carbocycles. The van der Waals surface area contributed by atoms with Gasteiger partial charge < -0.3 is 15.0 Å². The number of aryl methyl sites for hydroxylation is 1. The normalized spacial score (nSPS) is 16.7. The fourth-order valence-corrected chi connectivity index (χ4v) is 5.88. The van der Waals surface area contributed by atoms with Crippen molar-refractivity contribution >= 4 is 32.0 Å². The summed E-state index contributed by atoms with van der Waals surface area (Å²) in [5, 5.41) is 1.02. The standard InChI is InChI=1S/C23H33N5O3S/c1-17(24)31-15-21-22-23(19-11-5-6-12-20(19)26-21)28(16-25-22)13-7-8-14-32(29,30)27-18-9-3-2-4-10-18/h5-6,11-12,16-18,27H,2-4,7-10,13-15,24H2,1H3. The summed E-state index contributed by atoms with van der Waals surface area (Å²) in [6, 6.07) is 8.08. The molecule has 1 aromatic carbocycles. The average Bonchev–Trinajstić information content (AvgIpc) is 3.20. The molecule has 1 aliphatic carbocycles. The highest BCUT2D eigenvalue weighted by atomic mass is 32.2. The van der Waals surface area contributed by atoms with Crippen molar-refractivity contribution in [3.05, 3.63) is 36.3 Å². The van der Waals surface area contributed by atoms with E-state index in [0.29, 0.717) is 19.6 Å². The van der Waals surface area contributed by atoms with E-state index < -0.39 is 10.0 Å². The number of sulfonamides is 1. The highest BCUT2D eigenvalue weighted by Crippen LogP contribution is 2.27. The van der Waals surface area contributed by atoms with Crippen LogP contribution in [0.2, 0.25) is 0 Å². The number of benzene rings is 1. The first kappa shape index (κ1) is 23.1. The fourth-order valence-electron chi connectivity index (χ4n) is 4.43. The Morgan fingerprint density at radius 2 is 2.00 bits per heavy atom. The molecular weight excluding hydrogens is 426 g/mol. The van der Waals surface area contributed by atoms with Gasteiger partial charge >= 0.3 is 0 Å². The molecule has 0 aliphatic heterocycles. The second kappa shape index (κ2) is 10.2. The lowest BCUT2D eigenvalue weighted by Crippen LogP contribution is -2.37. The smallest absolute Gasteiger partial charge is 0.211 e. The van der Waals surface area contributed by atoms with Crippen LogP contribution in [-0.4, -0.2) is 41.0 Å². The van der Waals surface area contributed by atoms with E-state index in [2.05, 4.69) is 14.3 Å². The number of nitrogens with zero attached hydrogens (tertiary/aromatic N) is 3. The minimum absolute atomic E-state index is 0.113. The highest BCUT2D eigenvalue weighted by molar-refractivity contribution is 7.89. The summed E-state index contributed by atoms with van der Waals surface area (Å²) < 4.78 is 35.5. The zero-order chi connectivity index (χ0) is 22.6. The molecule has 0 radical (unpaired) electrons.